The predicted molar refractivity (Wildman–Crippen MR) is 147 cm³/mol. The zero-order valence-corrected chi connectivity index (χ0v) is 23.2. The van der Waals surface area contributed by atoms with E-state index in [0.717, 1.165) is 15.4 Å². The van der Waals surface area contributed by atoms with Gasteiger partial charge in [0.05, 0.1) is 18.2 Å². The van der Waals surface area contributed by atoms with Crippen LogP contribution in [0.4, 0.5) is 0 Å². The molecule has 2 amide bonds. The number of thiophene rings is 1. The first kappa shape index (κ1) is 26.3. The Morgan fingerprint density at radius 1 is 1.28 bits per heavy atom. The number of halogens is 1. The van der Waals surface area contributed by atoms with Crippen molar-refractivity contribution in [2.75, 3.05) is 33.7 Å². The lowest BCUT2D eigenvalue weighted by atomic mass is 9.94. The second kappa shape index (κ2) is 11.1. The number of nitrogens with zero attached hydrogens (tertiary/aromatic N) is 3. The maximum absolute atomic E-state index is 13.3. The summed E-state index contributed by atoms with van der Waals surface area (Å²) in [4.78, 5) is 42.9. The largest absolute Gasteiger partial charge is 0.350 e. The van der Waals surface area contributed by atoms with Gasteiger partial charge in [0.25, 0.3) is 5.91 Å². The van der Waals surface area contributed by atoms with Gasteiger partial charge in [-0.1, -0.05) is 22.5 Å². The maximum Gasteiger partial charge on any atom is 0.253 e. The SMILES string of the molecule is C=CC(=O)N1CC(CC(=O)Cn2cc(C(=O)NCC(c3sccc3C)N(C)C)c3cc(Br)ccc32)C1. The van der Waals surface area contributed by atoms with Crippen molar-refractivity contribution in [3.05, 3.63) is 69.0 Å². The third-order valence-electron chi connectivity index (χ3n) is 6.68. The molecular weight excluding hydrogens is 540 g/mol. The standard InChI is InChI=1S/C27H31BrN4O3S/c1-5-25(34)32-13-18(14-32)10-20(33)15-31-16-22(21-11-19(28)6-7-23(21)31)27(35)29-12-24(30(3)4)26-17(2)8-9-36-26/h5-9,11,16,18,24H,1,10,12-15H2,2-4H3,(H,29,35). The number of ketones is 1. The number of carbonyl (C=O) groups excluding carboxylic acids is 3. The fourth-order valence-corrected chi connectivity index (χ4v) is 6.17. The van der Waals surface area contributed by atoms with Crippen LogP contribution in [-0.4, -0.2) is 65.7 Å². The fraction of sp³-hybridized carbons (Fsp3) is 0.370. The Hall–Kier alpha value is -2.75. The van der Waals surface area contributed by atoms with Crippen LogP contribution in [0.3, 0.4) is 0 Å². The summed E-state index contributed by atoms with van der Waals surface area (Å²) in [5, 5.41) is 5.99. The number of hydrogen-bond donors (Lipinski definition) is 1. The van der Waals surface area contributed by atoms with Crippen LogP contribution in [0.2, 0.25) is 0 Å². The molecule has 1 N–H and O–H groups in total. The number of benzene rings is 1. The highest BCUT2D eigenvalue weighted by Crippen LogP contribution is 2.29. The fourth-order valence-electron chi connectivity index (χ4n) is 4.69. The van der Waals surface area contributed by atoms with E-state index < -0.39 is 0 Å². The highest BCUT2D eigenvalue weighted by Gasteiger charge is 2.31. The third-order valence-corrected chi connectivity index (χ3v) is 8.29. The molecule has 0 aliphatic carbocycles. The number of likely N-dealkylation sites (tertiary alicyclic amines) is 1. The summed E-state index contributed by atoms with van der Waals surface area (Å²) in [5.74, 6) is -0.00727. The molecule has 1 saturated heterocycles. The van der Waals surface area contributed by atoms with Gasteiger partial charge in [-0.3, -0.25) is 14.4 Å². The molecule has 0 bridgehead atoms. The van der Waals surface area contributed by atoms with Gasteiger partial charge in [0.15, 0.2) is 5.78 Å². The zero-order chi connectivity index (χ0) is 26.0. The van der Waals surface area contributed by atoms with Crippen molar-refractivity contribution >= 4 is 55.8 Å². The van der Waals surface area contributed by atoms with Crippen LogP contribution in [0.15, 0.2) is 53.0 Å². The van der Waals surface area contributed by atoms with Gasteiger partial charge in [0.2, 0.25) is 5.91 Å². The minimum absolute atomic E-state index is 0.0747. The molecule has 0 radical (unpaired) electrons. The van der Waals surface area contributed by atoms with E-state index >= 15 is 0 Å². The Morgan fingerprint density at radius 2 is 2.03 bits per heavy atom. The van der Waals surface area contributed by atoms with Gasteiger partial charge >= 0.3 is 0 Å². The molecule has 1 aliphatic heterocycles. The first-order valence-corrected chi connectivity index (χ1v) is 13.5. The molecule has 1 aromatic carbocycles. The Labute approximate surface area is 223 Å². The predicted octanol–water partition coefficient (Wildman–Crippen LogP) is 4.41. The molecule has 0 saturated carbocycles. The Morgan fingerprint density at radius 3 is 2.67 bits per heavy atom. The quantitative estimate of drug-likeness (QED) is 0.366. The van der Waals surface area contributed by atoms with Crippen molar-refractivity contribution in [2.24, 2.45) is 5.92 Å². The smallest absolute Gasteiger partial charge is 0.253 e. The Kier molecular flexibility index (Phi) is 8.12. The summed E-state index contributed by atoms with van der Waals surface area (Å²) < 4.78 is 2.73. The number of aromatic nitrogens is 1. The van der Waals surface area contributed by atoms with E-state index in [1.165, 1.54) is 16.5 Å². The molecule has 1 aliphatic rings. The summed E-state index contributed by atoms with van der Waals surface area (Å²) in [5.41, 5.74) is 2.60. The van der Waals surface area contributed by atoms with Crippen LogP contribution in [0.25, 0.3) is 10.9 Å². The highest BCUT2D eigenvalue weighted by atomic mass is 79.9. The molecule has 1 fully saturated rings. The van der Waals surface area contributed by atoms with Gasteiger partial charge in [0.1, 0.15) is 0 Å². The van der Waals surface area contributed by atoms with Crippen molar-refractivity contribution in [3.63, 3.8) is 0 Å². The van der Waals surface area contributed by atoms with Crippen LogP contribution >= 0.6 is 27.3 Å². The van der Waals surface area contributed by atoms with Gasteiger partial charge in [-0.15, -0.1) is 11.3 Å². The maximum atomic E-state index is 13.3. The topological polar surface area (TPSA) is 74.6 Å². The molecular formula is C27H31BrN4O3S. The van der Waals surface area contributed by atoms with Crippen LogP contribution in [-0.2, 0) is 16.1 Å². The van der Waals surface area contributed by atoms with E-state index in [4.69, 9.17) is 0 Å². The number of hydrogen-bond acceptors (Lipinski definition) is 5. The summed E-state index contributed by atoms with van der Waals surface area (Å²) in [6.07, 6.45) is 3.49. The lowest BCUT2D eigenvalue weighted by Gasteiger charge is -2.38. The van der Waals surface area contributed by atoms with Crippen molar-refractivity contribution in [1.82, 2.24) is 19.7 Å². The molecule has 0 spiro atoms. The first-order valence-electron chi connectivity index (χ1n) is 11.9. The monoisotopic (exact) mass is 570 g/mol. The minimum Gasteiger partial charge on any atom is -0.350 e. The molecule has 7 nitrogen and oxygen atoms in total. The molecule has 1 unspecified atom stereocenters. The van der Waals surface area contributed by atoms with E-state index in [2.05, 4.69) is 51.1 Å². The lowest BCUT2D eigenvalue weighted by Crippen LogP contribution is -2.50. The third kappa shape index (κ3) is 5.63. The van der Waals surface area contributed by atoms with Crippen LogP contribution in [0.1, 0.15) is 33.3 Å². The number of carbonyl (C=O) groups is 3. The van der Waals surface area contributed by atoms with E-state index in [9.17, 15) is 14.4 Å². The molecule has 9 heteroatoms. The summed E-state index contributed by atoms with van der Waals surface area (Å²) in [6, 6.07) is 7.93. The lowest BCUT2D eigenvalue weighted by molar-refractivity contribution is -0.134. The number of rotatable bonds is 10. The molecule has 4 rings (SSSR count). The average molecular weight is 572 g/mol. The first-order chi connectivity index (χ1) is 17.2. The van der Waals surface area contributed by atoms with E-state index in [1.807, 2.05) is 36.9 Å². The summed E-state index contributed by atoms with van der Waals surface area (Å²) in [6.45, 7) is 7.43. The molecule has 190 valence electrons. The normalized spacial score (nSPS) is 14.6. The molecule has 3 heterocycles. The number of fused-ring (bicyclic) bond motifs is 1. The number of amides is 2. The highest BCUT2D eigenvalue weighted by molar-refractivity contribution is 9.10. The van der Waals surface area contributed by atoms with Crippen molar-refractivity contribution in [3.8, 4) is 0 Å². The van der Waals surface area contributed by atoms with Crippen molar-refractivity contribution < 1.29 is 14.4 Å². The number of likely N-dealkylation sites (N-methyl/N-ethyl adjacent to an activating group) is 1. The van der Waals surface area contributed by atoms with Gasteiger partial charge < -0.3 is 19.7 Å². The van der Waals surface area contributed by atoms with E-state index in [0.29, 0.717) is 31.6 Å². The second-order valence-electron chi connectivity index (χ2n) is 9.55. The molecule has 36 heavy (non-hydrogen) atoms. The number of nitrogens with one attached hydrogen (secondary N) is 1. The van der Waals surface area contributed by atoms with Crippen LogP contribution in [0.5, 0.6) is 0 Å². The number of Topliss-reactive ketones (excluding diaryl/α,β-unsaturated/α-hetero) is 1. The number of aryl methyl sites for hydroxylation is 1. The summed E-state index contributed by atoms with van der Waals surface area (Å²) >= 11 is 5.21. The van der Waals surface area contributed by atoms with Crippen LogP contribution in [0, 0.1) is 12.8 Å². The van der Waals surface area contributed by atoms with Crippen molar-refractivity contribution in [2.45, 2.75) is 25.9 Å². The van der Waals surface area contributed by atoms with E-state index in [-0.39, 0.29) is 36.1 Å². The molecule has 3 aromatic rings. The Balaban J connectivity index is 1.47. The van der Waals surface area contributed by atoms with Gasteiger partial charge in [0, 0.05) is 58.4 Å². The molecule has 1 atom stereocenters. The van der Waals surface area contributed by atoms with E-state index in [1.54, 1.807) is 22.4 Å². The minimum atomic E-state index is -0.164. The zero-order valence-electron chi connectivity index (χ0n) is 20.8. The van der Waals surface area contributed by atoms with Gasteiger partial charge in [-0.2, -0.15) is 0 Å². The second-order valence-corrected chi connectivity index (χ2v) is 11.4. The Bertz CT molecular complexity index is 1310. The average Bonchev–Trinajstić information content (AvgIpc) is 3.38. The summed E-state index contributed by atoms with van der Waals surface area (Å²) in [7, 11) is 4.03. The molecule has 2 aromatic heterocycles. The van der Waals surface area contributed by atoms with Crippen molar-refractivity contribution in [1.29, 1.82) is 0 Å². The van der Waals surface area contributed by atoms with Crippen LogP contribution < -0.4 is 5.32 Å². The van der Waals surface area contributed by atoms with Gasteiger partial charge in [-0.05, 0) is 62.3 Å². The van der Waals surface area contributed by atoms with Gasteiger partial charge in [-0.25, -0.2) is 0 Å².